The van der Waals surface area contributed by atoms with Crippen LogP contribution in [0.5, 0.6) is 5.75 Å². The number of benzene rings is 1. The van der Waals surface area contributed by atoms with Gasteiger partial charge in [0.2, 0.25) is 5.91 Å². The first-order valence-electron chi connectivity index (χ1n) is 10.5. The van der Waals surface area contributed by atoms with E-state index in [1.165, 1.54) is 0 Å². The molecule has 1 amide bonds. The molecule has 160 valence electrons. The van der Waals surface area contributed by atoms with Gasteiger partial charge in [-0.25, -0.2) is 9.97 Å². The lowest BCUT2D eigenvalue weighted by molar-refractivity contribution is -0.142. The second-order valence-corrected chi connectivity index (χ2v) is 8.25. The minimum absolute atomic E-state index is 0.0439. The molecule has 3 heterocycles. The molecule has 2 fully saturated rings. The lowest BCUT2D eigenvalue weighted by Gasteiger charge is -2.40. The van der Waals surface area contributed by atoms with Crippen LogP contribution in [0.25, 0.3) is 11.4 Å². The van der Waals surface area contributed by atoms with Crippen molar-refractivity contribution in [1.29, 1.82) is 0 Å². The Balaban J connectivity index is 1.45. The number of aliphatic hydroxyl groups is 1. The zero-order valence-electron chi connectivity index (χ0n) is 17.5. The van der Waals surface area contributed by atoms with Crippen LogP contribution in [-0.4, -0.2) is 88.3 Å². The van der Waals surface area contributed by atoms with E-state index in [0.29, 0.717) is 50.5 Å². The van der Waals surface area contributed by atoms with Gasteiger partial charge < -0.3 is 24.9 Å². The third kappa shape index (κ3) is 4.24. The molecule has 2 atom stereocenters. The molecule has 2 aliphatic rings. The Morgan fingerprint density at radius 3 is 2.57 bits per heavy atom. The molecule has 0 saturated carbocycles. The Morgan fingerprint density at radius 1 is 1.10 bits per heavy atom. The smallest absolute Gasteiger partial charge is 0.229 e. The third-order valence-electron chi connectivity index (χ3n) is 6.00. The Hall–Kier alpha value is -2.71. The van der Waals surface area contributed by atoms with E-state index in [0.717, 1.165) is 18.1 Å². The summed E-state index contributed by atoms with van der Waals surface area (Å²) in [6.07, 6.45) is 0.0831. The monoisotopic (exact) mass is 411 g/mol. The Morgan fingerprint density at radius 2 is 1.83 bits per heavy atom. The summed E-state index contributed by atoms with van der Waals surface area (Å²) in [4.78, 5) is 28.2. The van der Waals surface area contributed by atoms with Gasteiger partial charge in [-0.3, -0.25) is 4.79 Å². The van der Waals surface area contributed by atoms with Crippen LogP contribution in [0.4, 0.5) is 5.82 Å². The maximum atomic E-state index is 13.0. The summed E-state index contributed by atoms with van der Waals surface area (Å²) in [5.41, 5.74) is 1.43. The lowest BCUT2D eigenvalue weighted by atomic mass is 9.93. The summed E-state index contributed by atoms with van der Waals surface area (Å²) >= 11 is 0. The number of piperazine rings is 1. The molecule has 8 nitrogen and oxygen atoms in total. The zero-order chi connectivity index (χ0) is 21.3. The Labute approximate surface area is 176 Å². The molecular formula is C22H29N5O3. The van der Waals surface area contributed by atoms with E-state index in [-0.39, 0.29) is 17.6 Å². The molecular weight excluding hydrogens is 382 g/mol. The number of hydrogen-bond donors (Lipinski definition) is 2. The maximum Gasteiger partial charge on any atom is 0.229 e. The Kier molecular flexibility index (Phi) is 5.87. The predicted octanol–water partition coefficient (Wildman–Crippen LogP) is 1.12. The SMILES string of the molecule is Cc1cc(N2CCN(C(=O)[C@@H]3CN(C)CC[C@H]3O)CC2)nc(-c2ccccc2O)n1. The number of aliphatic hydroxyl groups excluding tert-OH is 1. The number of hydrogen-bond acceptors (Lipinski definition) is 7. The summed E-state index contributed by atoms with van der Waals surface area (Å²) in [5, 5.41) is 20.4. The van der Waals surface area contributed by atoms with Crippen molar-refractivity contribution < 1.29 is 15.0 Å². The number of carbonyl (C=O) groups excluding carboxylic acids is 1. The molecule has 0 spiro atoms. The highest BCUT2D eigenvalue weighted by atomic mass is 16.3. The standard InChI is InChI=1S/C22H29N5O3/c1-15-13-20(24-21(23-15)16-5-3-4-6-18(16)28)26-9-11-27(12-10-26)22(30)17-14-25(2)8-7-19(17)29/h3-6,13,17,19,28-29H,7-12,14H2,1-2H3/t17-,19-/m1/s1. The summed E-state index contributed by atoms with van der Waals surface area (Å²) in [6.45, 7) is 5.87. The molecule has 0 aliphatic carbocycles. The average Bonchev–Trinajstić information content (AvgIpc) is 2.75. The summed E-state index contributed by atoms with van der Waals surface area (Å²) in [5.74, 6) is 1.15. The van der Waals surface area contributed by atoms with Gasteiger partial charge in [0.25, 0.3) is 0 Å². The van der Waals surface area contributed by atoms with Gasteiger partial charge in [0.15, 0.2) is 5.82 Å². The van der Waals surface area contributed by atoms with Crippen molar-refractivity contribution in [2.75, 3.05) is 51.2 Å². The normalized spacial score (nSPS) is 22.9. The maximum absolute atomic E-state index is 13.0. The van der Waals surface area contributed by atoms with Crippen LogP contribution in [0.15, 0.2) is 30.3 Å². The average molecular weight is 412 g/mol. The quantitative estimate of drug-likeness (QED) is 0.782. The van der Waals surface area contributed by atoms with Crippen molar-refractivity contribution in [3.05, 3.63) is 36.0 Å². The molecule has 2 aliphatic heterocycles. The topological polar surface area (TPSA) is 93.0 Å². The number of piperidine rings is 1. The molecule has 2 aromatic rings. The Bertz CT molecular complexity index is 913. The number of anilines is 1. The van der Waals surface area contributed by atoms with E-state index < -0.39 is 6.10 Å². The highest BCUT2D eigenvalue weighted by Crippen LogP contribution is 2.28. The highest BCUT2D eigenvalue weighted by molar-refractivity contribution is 5.80. The number of rotatable bonds is 3. The van der Waals surface area contributed by atoms with Gasteiger partial charge >= 0.3 is 0 Å². The van der Waals surface area contributed by atoms with Gasteiger partial charge in [0.1, 0.15) is 11.6 Å². The van der Waals surface area contributed by atoms with Crippen LogP contribution in [-0.2, 0) is 4.79 Å². The minimum Gasteiger partial charge on any atom is -0.507 e. The van der Waals surface area contributed by atoms with E-state index in [1.54, 1.807) is 18.2 Å². The number of aromatic hydroxyl groups is 1. The number of phenolic OH excluding ortho intramolecular Hbond substituents is 1. The third-order valence-corrected chi connectivity index (χ3v) is 6.00. The van der Waals surface area contributed by atoms with Gasteiger partial charge in [-0.05, 0) is 32.5 Å². The fraction of sp³-hybridized carbons (Fsp3) is 0.500. The molecule has 0 unspecified atom stereocenters. The number of carbonyl (C=O) groups is 1. The molecule has 1 aromatic carbocycles. The molecule has 2 saturated heterocycles. The molecule has 0 radical (unpaired) electrons. The summed E-state index contributed by atoms with van der Waals surface area (Å²) in [6, 6.07) is 8.98. The first-order chi connectivity index (χ1) is 14.4. The fourth-order valence-corrected chi connectivity index (χ4v) is 4.23. The largest absolute Gasteiger partial charge is 0.507 e. The lowest BCUT2D eigenvalue weighted by Crippen LogP contribution is -2.55. The number of nitrogens with zero attached hydrogens (tertiary/aromatic N) is 5. The van der Waals surface area contributed by atoms with E-state index in [9.17, 15) is 15.0 Å². The number of likely N-dealkylation sites (tertiary alicyclic amines) is 1. The van der Waals surface area contributed by atoms with Gasteiger partial charge in [-0.15, -0.1) is 0 Å². The van der Waals surface area contributed by atoms with Crippen LogP contribution >= 0.6 is 0 Å². The van der Waals surface area contributed by atoms with E-state index in [4.69, 9.17) is 0 Å². The van der Waals surface area contributed by atoms with Gasteiger partial charge in [-0.2, -0.15) is 0 Å². The van der Waals surface area contributed by atoms with Crippen molar-refractivity contribution in [3.63, 3.8) is 0 Å². The summed E-state index contributed by atoms with van der Waals surface area (Å²) < 4.78 is 0. The van der Waals surface area contributed by atoms with E-state index in [1.807, 2.05) is 31.0 Å². The van der Waals surface area contributed by atoms with Crippen molar-refractivity contribution in [2.24, 2.45) is 5.92 Å². The van der Waals surface area contributed by atoms with E-state index in [2.05, 4.69) is 19.8 Å². The fourth-order valence-electron chi connectivity index (χ4n) is 4.23. The second kappa shape index (κ2) is 8.57. The molecule has 8 heteroatoms. The first kappa shape index (κ1) is 20.6. The van der Waals surface area contributed by atoms with Crippen molar-refractivity contribution in [2.45, 2.75) is 19.4 Å². The molecule has 1 aromatic heterocycles. The van der Waals surface area contributed by atoms with Crippen molar-refractivity contribution in [1.82, 2.24) is 19.8 Å². The van der Waals surface area contributed by atoms with Crippen molar-refractivity contribution >= 4 is 11.7 Å². The van der Waals surface area contributed by atoms with Gasteiger partial charge in [-0.1, -0.05) is 12.1 Å². The first-order valence-corrected chi connectivity index (χ1v) is 10.5. The van der Waals surface area contributed by atoms with Crippen LogP contribution in [0.3, 0.4) is 0 Å². The molecule has 2 N–H and O–H groups in total. The van der Waals surface area contributed by atoms with E-state index >= 15 is 0 Å². The zero-order valence-corrected chi connectivity index (χ0v) is 17.5. The second-order valence-electron chi connectivity index (χ2n) is 8.25. The van der Waals surface area contributed by atoms with Crippen LogP contribution in [0.2, 0.25) is 0 Å². The molecule has 4 rings (SSSR count). The highest BCUT2D eigenvalue weighted by Gasteiger charge is 2.35. The number of para-hydroxylation sites is 1. The minimum atomic E-state index is -0.558. The predicted molar refractivity (Wildman–Crippen MR) is 114 cm³/mol. The molecule has 0 bridgehead atoms. The number of amides is 1. The van der Waals surface area contributed by atoms with Crippen LogP contribution in [0, 0.1) is 12.8 Å². The van der Waals surface area contributed by atoms with Crippen molar-refractivity contribution in [3.8, 4) is 17.1 Å². The number of phenols is 1. The van der Waals surface area contributed by atoms with Crippen LogP contribution in [0.1, 0.15) is 12.1 Å². The number of aromatic nitrogens is 2. The summed E-state index contributed by atoms with van der Waals surface area (Å²) in [7, 11) is 1.99. The number of aryl methyl sites for hydroxylation is 1. The molecule has 30 heavy (non-hydrogen) atoms. The van der Waals surface area contributed by atoms with Gasteiger partial charge in [0.05, 0.1) is 17.6 Å². The van der Waals surface area contributed by atoms with Crippen LogP contribution < -0.4 is 4.90 Å². The van der Waals surface area contributed by atoms with Gasteiger partial charge in [0, 0.05) is 51.0 Å².